The molecule has 0 aliphatic carbocycles. The van der Waals surface area contributed by atoms with Gasteiger partial charge in [0.25, 0.3) is 0 Å². The Morgan fingerprint density at radius 3 is 2.38 bits per heavy atom. The van der Waals surface area contributed by atoms with E-state index < -0.39 is 5.60 Å². The van der Waals surface area contributed by atoms with Gasteiger partial charge in [-0.2, -0.15) is 0 Å². The van der Waals surface area contributed by atoms with Crippen molar-refractivity contribution in [1.82, 2.24) is 0 Å². The molecule has 1 heteroatoms. The monoisotopic (exact) mass is 216 g/mol. The van der Waals surface area contributed by atoms with Gasteiger partial charge in [-0.25, -0.2) is 0 Å². The predicted octanol–water partition coefficient (Wildman–Crippen LogP) is 3.81. The minimum absolute atomic E-state index is 0.814. The van der Waals surface area contributed by atoms with Crippen molar-refractivity contribution < 1.29 is 5.11 Å². The molecule has 0 fully saturated rings. The highest BCUT2D eigenvalue weighted by atomic mass is 16.3. The fraction of sp³-hybridized carbons (Fsp3) is 0.333. The molecule has 0 aliphatic rings. The molecule has 1 unspecified atom stereocenters. The zero-order valence-electron chi connectivity index (χ0n) is 10.3. The average Bonchev–Trinajstić information content (AvgIpc) is 2.26. The summed E-state index contributed by atoms with van der Waals surface area (Å²) in [6, 6.07) is 9.73. The minimum atomic E-state index is -0.908. The van der Waals surface area contributed by atoms with Crippen LogP contribution in [0.25, 0.3) is 0 Å². The van der Waals surface area contributed by atoms with E-state index in [1.165, 1.54) is 0 Å². The third-order valence-corrected chi connectivity index (χ3v) is 2.76. The van der Waals surface area contributed by atoms with Crippen molar-refractivity contribution in [2.24, 2.45) is 0 Å². The van der Waals surface area contributed by atoms with Gasteiger partial charge in [0.05, 0.1) is 0 Å². The first-order chi connectivity index (χ1) is 7.48. The van der Waals surface area contributed by atoms with Crippen LogP contribution in [0.1, 0.15) is 32.8 Å². The summed E-state index contributed by atoms with van der Waals surface area (Å²) in [5.41, 5.74) is 1.97. The molecule has 1 aromatic carbocycles. The SMILES string of the molecule is C=C(C)/C=C(\CC)C(C)(O)c1ccccc1. The lowest BCUT2D eigenvalue weighted by Crippen LogP contribution is -2.23. The van der Waals surface area contributed by atoms with Gasteiger partial charge in [0, 0.05) is 0 Å². The lowest BCUT2D eigenvalue weighted by molar-refractivity contribution is 0.0942. The first-order valence-electron chi connectivity index (χ1n) is 5.63. The quantitative estimate of drug-likeness (QED) is 0.759. The van der Waals surface area contributed by atoms with Crippen molar-refractivity contribution in [3.05, 3.63) is 59.7 Å². The van der Waals surface area contributed by atoms with Gasteiger partial charge in [0.2, 0.25) is 0 Å². The molecule has 0 bridgehead atoms. The summed E-state index contributed by atoms with van der Waals surface area (Å²) in [6.07, 6.45) is 2.78. The van der Waals surface area contributed by atoms with Crippen LogP contribution >= 0.6 is 0 Å². The standard InChI is InChI=1S/C15H20O/c1-5-13(11-12(2)3)15(4,16)14-9-7-6-8-10-14/h6-11,16H,2,5H2,1,3-4H3/b13-11+. The minimum Gasteiger partial charge on any atom is -0.381 e. The maximum atomic E-state index is 10.6. The second-order valence-electron chi connectivity index (χ2n) is 4.31. The molecule has 0 aliphatic heterocycles. The van der Waals surface area contributed by atoms with Crippen molar-refractivity contribution in [3.63, 3.8) is 0 Å². The molecule has 0 saturated carbocycles. The van der Waals surface area contributed by atoms with E-state index in [-0.39, 0.29) is 0 Å². The van der Waals surface area contributed by atoms with Crippen LogP contribution in [0.5, 0.6) is 0 Å². The summed E-state index contributed by atoms with van der Waals surface area (Å²) in [7, 11) is 0. The van der Waals surface area contributed by atoms with Gasteiger partial charge in [-0.05, 0) is 31.4 Å². The van der Waals surface area contributed by atoms with Crippen LogP contribution < -0.4 is 0 Å². The maximum absolute atomic E-state index is 10.6. The summed E-state index contributed by atoms with van der Waals surface area (Å²) < 4.78 is 0. The van der Waals surface area contributed by atoms with Gasteiger partial charge in [0.15, 0.2) is 0 Å². The van der Waals surface area contributed by atoms with Gasteiger partial charge in [0.1, 0.15) is 5.60 Å². The molecule has 0 amide bonds. The normalized spacial score (nSPS) is 15.6. The molecule has 86 valence electrons. The van der Waals surface area contributed by atoms with Crippen molar-refractivity contribution in [2.45, 2.75) is 32.8 Å². The lowest BCUT2D eigenvalue weighted by Gasteiger charge is -2.27. The molecule has 16 heavy (non-hydrogen) atoms. The predicted molar refractivity (Wildman–Crippen MR) is 69.2 cm³/mol. The first kappa shape index (κ1) is 12.7. The van der Waals surface area contributed by atoms with Gasteiger partial charge >= 0.3 is 0 Å². The zero-order chi connectivity index (χ0) is 12.2. The molecule has 0 heterocycles. The molecule has 0 saturated heterocycles. The smallest absolute Gasteiger partial charge is 0.108 e. The van der Waals surface area contributed by atoms with E-state index >= 15 is 0 Å². The Hall–Kier alpha value is -1.34. The summed E-state index contributed by atoms with van der Waals surface area (Å²) in [5.74, 6) is 0. The molecule has 1 rings (SSSR count). The first-order valence-corrected chi connectivity index (χ1v) is 5.63. The van der Waals surface area contributed by atoms with Gasteiger partial charge in [-0.3, -0.25) is 0 Å². The third kappa shape index (κ3) is 2.83. The number of allylic oxidation sites excluding steroid dienone is 2. The Morgan fingerprint density at radius 1 is 1.38 bits per heavy atom. The Bertz CT molecular complexity index is 385. The summed E-state index contributed by atoms with van der Waals surface area (Å²) in [6.45, 7) is 9.69. The van der Waals surface area contributed by atoms with Crippen LogP contribution in [0, 0.1) is 0 Å². The summed E-state index contributed by atoms with van der Waals surface area (Å²) in [4.78, 5) is 0. The highest BCUT2D eigenvalue weighted by Gasteiger charge is 2.26. The number of hydrogen-bond donors (Lipinski definition) is 1. The Labute approximate surface area is 98.1 Å². The van der Waals surface area contributed by atoms with Crippen LogP contribution in [0.2, 0.25) is 0 Å². The molecule has 0 radical (unpaired) electrons. The van der Waals surface area contributed by atoms with Gasteiger partial charge < -0.3 is 5.11 Å². The van der Waals surface area contributed by atoms with Crippen LogP contribution in [0.15, 0.2) is 54.1 Å². The van der Waals surface area contributed by atoms with E-state index in [4.69, 9.17) is 0 Å². The van der Waals surface area contributed by atoms with Crippen molar-refractivity contribution in [1.29, 1.82) is 0 Å². The van der Waals surface area contributed by atoms with E-state index in [0.29, 0.717) is 0 Å². The Morgan fingerprint density at radius 2 is 1.94 bits per heavy atom. The Balaban J connectivity index is 3.14. The van der Waals surface area contributed by atoms with Crippen LogP contribution in [0.4, 0.5) is 0 Å². The molecule has 1 N–H and O–H groups in total. The van der Waals surface area contributed by atoms with E-state index in [0.717, 1.165) is 23.1 Å². The second-order valence-corrected chi connectivity index (χ2v) is 4.31. The van der Waals surface area contributed by atoms with Crippen molar-refractivity contribution in [2.75, 3.05) is 0 Å². The third-order valence-electron chi connectivity index (χ3n) is 2.76. The highest BCUT2D eigenvalue weighted by Crippen LogP contribution is 2.31. The average molecular weight is 216 g/mol. The van der Waals surface area contributed by atoms with E-state index in [1.807, 2.05) is 57.2 Å². The highest BCUT2D eigenvalue weighted by molar-refractivity contribution is 5.34. The number of aliphatic hydroxyl groups is 1. The fourth-order valence-electron chi connectivity index (χ4n) is 1.83. The molecule has 1 atom stereocenters. The molecule has 0 aromatic heterocycles. The van der Waals surface area contributed by atoms with E-state index in [2.05, 4.69) is 6.58 Å². The topological polar surface area (TPSA) is 20.2 Å². The van der Waals surface area contributed by atoms with Crippen LogP contribution in [-0.2, 0) is 5.60 Å². The molecule has 1 nitrogen and oxygen atoms in total. The van der Waals surface area contributed by atoms with Crippen LogP contribution in [0.3, 0.4) is 0 Å². The van der Waals surface area contributed by atoms with E-state index in [1.54, 1.807) is 0 Å². The van der Waals surface area contributed by atoms with Crippen LogP contribution in [-0.4, -0.2) is 5.11 Å². The molecular weight excluding hydrogens is 196 g/mol. The lowest BCUT2D eigenvalue weighted by atomic mass is 9.85. The molecule has 0 spiro atoms. The van der Waals surface area contributed by atoms with Gasteiger partial charge in [-0.15, -0.1) is 0 Å². The largest absolute Gasteiger partial charge is 0.381 e. The van der Waals surface area contributed by atoms with Crippen molar-refractivity contribution >= 4 is 0 Å². The fourth-order valence-corrected chi connectivity index (χ4v) is 1.83. The summed E-state index contributed by atoms with van der Waals surface area (Å²) in [5, 5.41) is 10.6. The van der Waals surface area contributed by atoms with Crippen molar-refractivity contribution in [3.8, 4) is 0 Å². The van der Waals surface area contributed by atoms with Gasteiger partial charge in [-0.1, -0.05) is 55.5 Å². The number of hydrogen-bond acceptors (Lipinski definition) is 1. The summed E-state index contributed by atoms with van der Waals surface area (Å²) >= 11 is 0. The molecular formula is C15H20O. The number of benzene rings is 1. The second kappa shape index (κ2) is 5.13. The molecule has 1 aromatic rings. The maximum Gasteiger partial charge on any atom is 0.108 e. The number of rotatable bonds is 4. The zero-order valence-corrected chi connectivity index (χ0v) is 10.3. The Kier molecular flexibility index (Phi) is 4.08. The van der Waals surface area contributed by atoms with E-state index in [9.17, 15) is 5.11 Å².